The van der Waals surface area contributed by atoms with Gasteiger partial charge in [0.05, 0.1) is 0 Å². The Kier molecular flexibility index (Phi) is 3.72. The summed E-state index contributed by atoms with van der Waals surface area (Å²) in [6, 6.07) is 7.88. The number of likely N-dealkylation sites (tertiary alicyclic amines) is 1. The lowest BCUT2D eigenvalue weighted by molar-refractivity contribution is 0.330. The molecule has 0 aliphatic carbocycles. The minimum Gasteiger partial charge on any atom is -0.381 e. The predicted molar refractivity (Wildman–Crippen MR) is 74.7 cm³/mol. The molecule has 0 aromatic heterocycles. The number of benzene rings is 1. The van der Waals surface area contributed by atoms with Gasteiger partial charge in [0.15, 0.2) is 0 Å². The molecule has 1 aliphatic rings. The van der Waals surface area contributed by atoms with E-state index in [0.717, 1.165) is 13.0 Å². The minimum atomic E-state index is 0.599. The number of hydrogen-bond acceptors (Lipinski definition) is 2. The van der Waals surface area contributed by atoms with E-state index in [0.29, 0.717) is 12.1 Å². The number of aryl methyl sites for hydroxylation is 2. The van der Waals surface area contributed by atoms with Crippen LogP contribution in [0.15, 0.2) is 18.2 Å². The second kappa shape index (κ2) is 5.09. The summed E-state index contributed by atoms with van der Waals surface area (Å²) in [5.74, 6) is 0. The van der Waals surface area contributed by atoms with Crippen molar-refractivity contribution in [1.29, 1.82) is 0 Å². The highest BCUT2D eigenvalue weighted by molar-refractivity contribution is 5.58. The fraction of sp³-hybridized carbons (Fsp3) is 0.600. The van der Waals surface area contributed by atoms with Crippen LogP contribution in [0, 0.1) is 6.92 Å². The van der Waals surface area contributed by atoms with Crippen LogP contribution >= 0.6 is 0 Å². The van der Waals surface area contributed by atoms with Crippen LogP contribution in [0.5, 0.6) is 0 Å². The van der Waals surface area contributed by atoms with Crippen molar-refractivity contribution in [3.05, 3.63) is 29.3 Å². The zero-order valence-electron chi connectivity index (χ0n) is 11.5. The molecule has 1 aromatic carbocycles. The van der Waals surface area contributed by atoms with Crippen molar-refractivity contribution in [3.8, 4) is 0 Å². The van der Waals surface area contributed by atoms with Crippen LogP contribution in [0.3, 0.4) is 0 Å². The van der Waals surface area contributed by atoms with E-state index in [1.165, 1.54) is 23.2 Å². The van der Waals surface area contributed by atoms with Gasteiger partial charge >= 0.3 is 0 Å². The van der Waals surface area contributed by atoms with Gasteiger partial charge in [0.2, 0.25) is 0 Å². The van der Waals surface area contributed by atoms with E-state index < -0.39 is 0 Å². The van der Waals surface area contributed by atoms with Gasteiger partial charge in [0.1, 0.15) is 0 Å². The first-order chi connectivity index (χ1) is 8.11. The van der Waals surface area contributed by atoms with Gasteiger partial charge in [-0.05, 0) is 44.9 Å². The Balaban J connectivity index is 2.13. The SMILES string of the molecule is CCc1cccc(C)c1NC1CC(C)N(C)C1. The lowest BCUT2D eigenvalue weighted by atomic mass is 10.0. The smallest absolute Gasteiger partial charge is 0.0404 e. The average molecular weight is 232 g/mol. The summed E-state index contributed by atoms with van der Waals surface area (Å²) in [7, 11) is 2.21. The maximum absolute atomic E-state index is 3.75. The summed E-state index contributed by atoms with van der Waals surface area (Å²) < 4.78 is 0. The van der Waals surface area contributed by atoms with Crippen molar-refractivity contribution >= 4 is 5.69 Å². The Morgan fingerprint density at radius 1 is 1.41 bits per heavy atom. The van der Waals surface area contributed by atoms with E-state index in [1.54, 1.807) is 0 Å². The third-order valence-corrected chi connectivity index (χ3v) is 3.97. The van der Waals surface area contributed by atoms with Crippen LogP contribution < -0.4 is 5.32 Å². The number of hydrogen-bond donors (Lipinski definition) is 1. The Morgan fingerprint density at radius 2 is 2.18 bits per heavy atom. The second-order valence-electron chi connectivity index (χ2n) is 5.33. The normalized spacial score (nSPS) is 25.2. The molecular weight excluding hydrogens is 208 g/mol. The first kappa shape index (κ1) is 12.4. The average Bonchev–Trinajstić information content (AvgIpc) is 2.61. The monoisotopic (exact) mass is 232 g/mol. The largest absolute Gasteiger partial charge is 0.381 e. The summed E-state index contributed by atoms with van der Waals surface area (Å²) in [6.45, 7) is 7.88. The first-order valence-electron chi connectivity index (χ1n) is 6.67. The van der Waals surface area contributed by atoms with Crippen molar-refractivity contribution in [3.63, 3.8) is 0 Å². The molecule has 1 heterocycles. The van der Waals surface area contributed by atoms with Crippen LogP contribution in [0.1, 0.15) is 31.4 Å². The van der Waals surface area contributed by atoms with Gasteiger partial charge in [0, 0.05) is 24.3 Å². The van der Waals surface area contributed by atoms with Gasteiger partial charge in [-0.1, -0.05) is 25.1 Å². The molecule has 0 spiro atoms. The molecule has 2 rings (SSSR count). The predicted octanol–water partition coefficient (Wildman–Crippen LogP) is 3.06. The third-order valence-electron chi connectivity index (χ3n) is 3.97. The molecule has 0 bridgehead atoms. The molecule has 1 N–H and O–H groups in total. The van der Waals surface area contributed by atoms with E-state index in [-0.39, 0.29) is 0 Å². The van der Waals surface area contributed by atoms with Crippen LogP contribution in [-0.4, -0.2) is 30.6 Å². The van der Waals surface area contributed by atoms with E-state index in [9.17, 15) is 0 Å². The molecule has 2 heteroatoms. The van der Waals surface area contributed by atoms with Gasteiger partial charge in [-0.2, -0.15) is 0 Å². The molecule has 2 unspecified atom stereocenters. The van der Waals surface area contributed by atoms with Crippen molar-refractivity contribution in [2.24, 2.45) is 0 Å². The molecule has 0 radical (unpaired) electrons. The van der Waals surface area contributed by atoms with E-state index in [2.05, 4.69) is 56.2 Å². The van der Waals surface area contributed by atoms with Gasteiger partial charge < -0.3 is 10.2 Å². The standard InChI is InChI=1S/C15H24N2/c1-5-13-8-6-7-11(2)15(13)16-14-9-12(3)17(4)10-14/h6-8,12,14,16H,5,9-10H2,1-4H3. The van der Waals surface area contributed by atoms with E-state index >= 15 is 0 Å². The molecule has 1 aliphatic heterocycles. The molecule has 1 fully saturated rings. The van der Waals surface area contributed by atoms with Crippen molar-refractivity contribution in [2.75, 3.05) is 18.9 Å². The van der Waals surface area contributed by atoms with Crippen molar-refractivity contribution < 1.29 is 0 Å². The van der Waals surface area contributed by atoms with E-state index in [1.807, 2.05) is 0 Å². The molecule has 0 saturated carbocycles. The molecule has 2 nitrogen and oxygen atoms in total. The molecule has 1 aromatic rings. The van der Waals surface area contributed by atoms with Crippen LogP contribution in [0.4, 0.5) is 5.69 Å². The number of nitrogens with one attached hydrogen (secondary N) is 1. The highest BCUT2D eigenvalue weighted by Gasteiger charge is 2.26. The highest BCUT2D eigenvalue weighted by atomic mass is 15.2. The van der Waals surface area contributed by atoms with Gasteiger partial charge in [-0.3, -0.25) is 0 Å². The van der Waals surface area contributed by atoms with E-state index in [4.69, 9.17) is 0 Å². The first-order valence-corrected chi connectivity index (χ1v) is 6.67. The van der Waals surface area contributed by atoms with Crippen LogP contribution in [0.25, 0.3) is 0 Å². The van der Waals surface area contributed by atoms with Crippen LogP contribution in [0.2, 0.25) is 0 Å². The van der Waals surface area contributed by atoms with Crippen molar-refractivity contribution in [1.82, 2.24) is 4.90 Å². The zero-order valence-corrected chi connectivity index (χ0v) is 11.5. The van der Waals surface area contributed by atoms with Gasteiger partial charge in [-0.15, -0.1) is 0 Å². The number of likely N-dealkylation sites (N-methyl/N-ethyl adjacent to an activating group) is 1. The second-order valence-corrected chi connectivity index (χ2v) is 5.33. The van der Waals surface area contributed by atoms with Gasteiger partial charge in [-0.25, -0.2) is 0 Å². The Hall–Kier alpha value is -1.02. The summed E-state index contributed by atoms with van der Waals surface area (Å²) in [4.78, 5) is 2.43. The number of anilines is 1. The lowest BCUT2D eigenvalue weighted by Crippen LogP contribution is -2.25. The minimum absolute atomic E-state index is 0.599. The molecule has 2 atom stereocenters. The summed E-state index contributed by atoms with van der Waals surface area (Å²) >= 11 is 0. The molecule has 0 amide bonds. The quantitative estimate of drug-likeness (QED) is 0.861. The zero-order chi connectivity index (χ0) is 12.4. The summed E-state index contributed by atoms with van der Waals surface area (Å²) in [6.07, 6.45) is 2.34. The number of para-hydroxylation sites is 1. The number of nitrogens with zero attached hydrogens (tertiary/aromatic N) is 1. The van der Waals surface area contributed by atoms with Crippen LogP contribution in [-0.2, 0) is 6.42 Å². The highest BCUT2D eigenvalue weighted by Crippen LogP contribution is 2.25. The summed E-state index contributed by atoms with van der Waals surface area (Å²) in [5, 5.41) is 3.75. The Bertz CT molecular complexity index is 377. The Morgan fingerprint density at radius 3 is 2.76 bits per heavy atom. The molecule has 1 saturated heterocycles. The lowest BCUT2D eigenvalue weighted by Gasteiger charge is -2.19. The fourth-order valence-corrected chi connectivity index (χ4v) is 2.73. The molecular formula is C15H24N2. The Labute approximate surface area is 105 Å². The third kappa shape index (κ3) is 2.63. The maximum Gasteiger partial charge on any atom is 0.0404 e. The fourth-order valence-electron chi connectivity index (χ4n) is 2.73. The summed E-state index contributed by atoms with van der Waals surface area (Å²) in [5.41, 5.74) is 4.17. The molecule has 17 heavy (non-hydrogen) atoms. The van der Waals surface area contributed by atoms with Gasteiger partial charge in [0.25, 0.3) is 0 Å². The topological polar surface area (TPSA) is 15.3 Å². The molecule has 94 valence electrons. The number of rotatable bonds is 3. The maximum atomic E-state index is 3.75. The van der Waals surface area contributed by atoms with Crippen molar-refractivity contribution in [2.45, 2.75) is 45.7 Å².